The van der Waals surface area contributed by atoms with E-state index in [4.69, 9.17) is 9.47 Å². The van der Waals surface area contributed by atoms with Gasteiger partial charge in [0.05, 0.1) is 14.2 Å². The van der Waals surface area contributed by atoms with Crippen molar-refractivity contribution in [2.24, 2.45) is 11.3 Å². The van der Waals surface area contributed by atoms with Crippen molar-refractivity contribution in [1.82, 2.24) is 0 Å². The molecule has 164 valence electrons. The van der Waals surface area contributed by atoms with Crippen LogP contribution in [-0.4, -0.2) is 20.0 Å². The van der Waals surface area contributed by atoms with E-state index in [-0.39, 0.29) is 11.2 Å². The molecule has 0 bridgehead atoms. The first-order valence-corrected chi connectivity index (χ1v) is 11.8. The van der Waals surface area contributed by atoms with Gasteiger partial charge in [-0.25, -0.2) is 0 Å². The van der Waals surface area contributed by atoms with E-state index in [2.05, 4.69) is 52.6 Å². The Morgan fingerprint density at radius 2 is 1.26 bits per heavy atom. The number of carbonyl (C=O) groups excluding carboxylic acids is 1. The number of ketones is 1. The Labute approximate surface area is 201 Å². The van der Waals surface area contributed by atoms with Crippen molar-refractivity contribution >= 4 is 49.8 Å². The number of hydrogen-bond donors (Lipinski definition) is 0. The molecule has 5 heteroatoms. The molecule has 0 N–H and O–H groups in total. The SMILES string of the molecule is COc1ccc(Br)cc1C=C1CC(C(C)(C)C)CC(=Cc2cc(Br)ccc2OC)C1=O. The summed E-state index contributed by atoms with van der Waals surface area (Å²) in [6.45, 7) is 6.71. The second-order valence-electron chi connectivity index (χ2n) is 8.91. The fraction of sp³-hybridized carbons (Fsp3) is 0.346. The van der Waals surface area contributed by atoms with E-state index in [1.54, 1.807) is 14.2 Å². The first-order valence-electron chi connectivity index (χ1n) is 10.2. The molecule has 0 radical (unpaired) electrons. The van der Waals surface area contributed by atoms with Crippen molar-refractivity contribution in [2.75, 3.05) is 14.2 Å². The molecule has 0 unspecified atom stereocenters. The van der Waals surface area contributed by atoms with Crippen LogP contribution in [0.4, 0.5) is 0 Å². The summed E-state index contributed by atoms with van der Waals surface area (Å²) in [5.74, 6) is 1.93. The van der Waals surface area contributed by atoms with Crippen LogP contribution in [-0.2, 0) is 4.79 Å². The van der Waals surface area contributed by atoms with Gasteiger partial charge in [0.15, 0.2) is 5.78 Å². The maximum Gasteiger partial charge on any atom is 0.185 e. The van der Waals surface area contributed by atoms with Gasteiger partial charge in [0.1, 0.15) is 11.5 Å². The largest absolute Gasteiger partial charge is 0.496 e. The van der Waals surface area contributed by atoms with Crippen LogP contribution in [0.5, 0.6) is 11.5 Å². The van der Waals surface area contributed by atoms with Crippen LogP contribution >= 0.6 is 31.9 Å². The summed E-state index contributed by atoms with van der Waals surface area (Å²) >= 11 is 7.06. The van der Waals surface area contributed by atoms with Gasteiger partial charge < -0.3 is 9.47 Å². The third-order valence-electron chi connectivity index (χ3n) is 5.78. The van der Waals surface area contributed by atoms with Gasteiger partial charge >= 0.3 is 0 Å². The van der Waals surface area contributed by atoms with Crippen molar-refractivity contribution in [3.8, 4) is 11.5 Å². The number of hydrogen-bond acceptors (Lipinski definition) is 3. The van der Waals surface area contributed by atoms with E-state index in [9.17, 15) is 4.79 Å². The summed E-state index contributed by atoms with van der Waals surface area (Å²) in [5.41, 5.74) is 3.48. The molecule has 1 fully saturated rings. The van der Waals surface area contributed by atoms with Crippen LogP contribution < -0.4 is 9.47 Å². The van der Waals surface area contributed by atoms with Gasteiger partial charge in [0.2, 0.25) is 0 Å². The molecule has 31 heavy (non-hydrogen) atoms. The lowest BCUT2D eigenvalue weighted by Gasteiger charge is -2.35. The molecular weight excluding hydrogens is 520 g/mol. The molecule has 0 aliphatic heterocycles. The van der Waals surface area contributed by atoms with E-state index in [1.165, 1.54) is 0 Å². The smallest absolute Gasteiger partial charge is 0.185 e. The molecule has 0 spiro atoms. The van der Waals surface area contributed by atoms with Crippen molar-refractivity contribution < 1.29 is 14.3 Å². The number of halogens is 2. The number of methoxy groups -OCH3 is 2. The number of rotatable bonds is 4. The first-order chi connectivity index (χ1) is 14.6. The first kappa shape index (κ1) is 23.8. The minimum Gasteiger partial charge on any atom is -0.496 e. The number of ether oxygens (including phenoxy) is 2. The average molecular weight is 548 g/mol. The summed E-state index contributed by atoms with van der Waals surface area (Å²) in [4.78, 5) is 13.5. The van der Waals surface area contributed by atoms with Crippen LogP contribution in [0.1, 0.15) is 44.7 Å². The molecule has 0 atom stereocenters. The summed E-state index contributed by atoms with van der Waals surface area (Å²) in [6, 6.07) is 11.7. The highest BCUT2D eigenvalue weighted by molar-refractivity contribution is 9.10. The lowest BCUT2D eigenvalue weighted by atomic mass is 9.68. The zero-order chi connectivity index (χ0) is 22.8. The lowest BCUT2D eigenvalue weighted by Crippen LogP contribution is -2.29. The number of benzene rings is 2. The molecule has 3 rings (SSSR count). The molecule has 2 aromatic carbocycles. The van der Waals surface area contributed by atoms with E-state index >= 15 is 0 Å². The highest BCUT2D eigenvalue weighted by Crippen LogP contribution is 2.43. The normalized spacial score (nSPS) is 19.7. The molecule has 1 aliphatic rings. The minimum absolute atomic E-state index is 0.0710. The molecule has 0 amide bonds. The molecular formula is C26H28Br2O3. The van der Waals surface area contributed by atoms with Crippen LogP contribution in [0.15, 0.2) is 56.5 Å². The van der Waals surface area contributed by atoms with Crippen LogP contribution in [0.2, 0.25) is 0 Å². The molecule has 3 nitrogen and oxygen atoms in total. The zero-order valence-electron chi connectivity index (χ0n) is 18.6. The fourth-order valence-corrected chi connectivity index (χ4v) is 4.63. The van der Waals surface area contributed by atoms with Crippen LogP contribution in [0.3, 0.4) is 0 Å². The molecule has 1 saturated carbocycles. The Hall–Kier alpha value is -1.85. The Morgan fingerprint density at radius 3 is 1.61 bits per heavy atom. The van der Waals surface area contributed by atoms with Gasteiger partial charge in [-0.2, -0.15) is 0 Å². The lowest BCUT2D eigenvalue weighted by molar-refractivity contribution is -0.113. The molecule has 0 aromatic heterocycles. The molecule has 2 aromatic rings. The van der Waals surface area contributed by atoms with Crippen LogP contribution in [0.25, 0.3) is 12.2 Å². The third-order valence-corrected chi connectivity index (χ3v) is 6.77. The van der Waals surface area contributed by atoms with E-state index in [1.807, 2.05) is 48.6 Å². The second-order valence-corrected chi connectivity index (χ2v) is 10.7. The molecule has 0 saturated heterocycles. The van der Waals surface area contributed by atoms with Crippen molar-refractivity contribution in [3.05, 3.63) is 67.6 Å². The van der Waals surface area contributed by atoms with E-state index in [0.717, 1.165) is 55.6 Å². The Balaban J connectivity index is 2.11. The van der Waals surface area contributed by atoms with Crippen molar-refractivity contribution in [3.63, 3.8) is 0 Å². The topological polar surface area (TPSA) is 35.5 Å². The summed E-state index contributed by atoms with van der Waals surface area (Å²) in [5, 5.41) is 0. The predicted molar refractivity (Wildman–Crippen MR) is 135 cm³/mol. The predicted octanol–water partition coefficient (Wildman–Crippen LogP) is 7.72. The fourth-order valence-electron chi connectivity index (χ4n) is 3.87. The molecule has 1 aliphatic carbocycles. The summed E-state index contributed by atoms with van der Waals surface area (Å²) < 4.78 is 12.9. The molecule has 0 heterocycles. The Kier molecular flexibility index (Phi) is 7.48. The van der Waals surface area contributed by atoms with Gasteiger partial charge in [-0.1, -0.05) is 52.6 Å². The monoisotopic (exact) mass is 546 g/mol. The average Bonchev–Trinajstić information content (AvgIpc) is 2.70. The third kappa shape index (κ3) is 5.69. The quantitative estimate of drug-likeness (QED) is 0.367. The number of Topliss-reactive ketones (excluding diaryl/α,β-unsaturated/α-hetero) is 1. The summed E-state index contributed by atoms with van der Waals surface area (Å²) in [6.07, 6.45) is 5.45. The van der Waals surface area contributed by atoms with Gasteiger partial charge in [-0.05, 0) is 72.7 Å². The van der Waals surface area contributed by atoms with Crippen molar-refractivity contribution in [1.29, 1.82) is 0 Å². The highest BCUT2D eigenvalue weighted by atomic mass is 79.9. The second kappa shape index (κ2) is 9.74. The maximum atomic E-state index is 13.5. The van der Waals surface area contributed by atoms with E-state index < -0.39 is 0 Å². The Morgan fingerprint density at radius 1 is 0.839 bits per heavy atom. The van der Waals surface area contributed by atoms with Gasteiger partial charge in [-0.3, -0.25) is 4.79 Å². The van der Waals surface area contributed by atoms with Crippen LogP contribution in [0, 0.1) is 11.3 Å². The van der Waals surface area contributed by atoms with Crippen molar-refractivity contribution in [2.45, 2.75) is 33.6 Å². The van der Waals surface area contributed by atoms with Gasteiger partial charge in [0.25, 0.3) is 0 Å². The number of allylic oxidation sites excluding steroid dienone is 2. The van der Waals surface area contributed by atoms with E-state index in [0.29, 0.717) is 5.92 Å². The highest BCUT2D eigenvalue weighted by Gasteiger charge is 2.34. The Bertz CT molecular complexity index is 970. The van der Waals surface area contributed by atoms with Gasteiger partial charge in [0, 0.05) is 31.2 Å². The standard InChI is InChI=1S/C26H28Br2O3/c1-26(2,3)20-12-18(10-16-14-21(27)6-8-23(16)30-4)25(29)19(13-20)11-17-15-22(28)7-9-24(17)31-5/h6-11,14-15,20H,12-13H2,1-5H3. The zero-order valence-corrected chi connectivity index (χ0v) is 21.8. The maximum absolute atomic E-state index is 13.5. The summed E-state index contributed by atoms with van der Waals surface area (Å²) in [7, 11) is 3.30. The van der Waals surface area contributed by atoms with Gasteiger partial charge in [-0.15, -0.1) is 0 Å². The number of carbonyl (C=O) groups is 1. The minimum atomic E-state index is 0.0710.